The van der Waals surface area contributed by atoms with E-state index in [0.29, 0.717) is 6.07 Å². The van der Waals surface area contributed by atoms with E-state index in [4.69, 9.17) is 11.5 Å². The lowest BCUT2D eigenvalue weighted by atomic mass is 10.0. The molecular formula is C11H13F2N3O2. The van der Waals surface area contributed by atoms with Gasteiger partial charge in [0.05, 0.1) is 11.3 Å². The monoisotopic (exact) mass is 257 g/mol. The van der Waals surface area contributed by atoms with Crippen molar-refractivity contribution in [2.24, 2.45) is 5.73 Å². The van der Waals surface area contributed by atoms with Gasteiger partial charge in [0, 0.05) is 6.07 Å². The highest BCUT2D eigenvalue weighted by atomic mass is 19.1. The van der Waals surface area contributed by atoms with Crippen LogP contribution in [0.2, 0.25) is 0 Å². The zero-order valence-electron chi connectivity index (χ0n) is 9.88. The summed E-state index contributed by atoms with van der Waals surface area (Å²) in [7, 11) is 0. The summed E-state index contributed by atoms with van der Waals surface area (Å²) in [6, 6.07) is 1.36. The van der Waals surface area contributed by atoms with Crippen molar-refractivity contribution in [1.29, 1.82) is 0 Å². The third kappa shape index (κ3) is 2.73. The van der Waals surface area contributed by atoms with Crippen LogP contribution in [0.3, 0.4) is 0 Å². The number of hydrogen-bond donors (Lipinski definition) is 3. The summed E-state index contributed by atoms with van der Waals surface area (Å²) in [4.78, 5) is 22.7. The van der Waals surface area contributed by atoms with Crippen LogP contribution in [0.25, 0.3) is 0 Å². The van der Waals surface area contributed by atoms with E-state index < -0.39 is 34.6 Å². The van der Waals surface area contributed by atoms with Crippen molar-refractivity contribution in [2.45, 2.75) is 19.4 Å². The minimum atomic E-state index is -1.35. The van der Waals surface area contributed by atoms with Crippen LogP contribution in [0, 0.1) is 11.6 Å². The zero-order valence-corrected chi connectivity index (χ0v) is 9.88. The molecule has 0 fully saturated rings. The number of carbonyl (C=O) groups is 2. The fraction of sp³-hybridized carbons (Fsp3) is 0.273. The lowest BCUT2D eigenvalue weighted by Gasteiger charge is -2.22. The molecule has 5 N–H and O–H groups in total. The van der Waals surface area contributed by atoms with Gasteiger partial charge in [-0.3, -0.25) is 9.59 Å². The molecule has 0 atom stereocenters. The molecule has 18 heavy (non-hydrogen) atoms. The number of primary amides is 1. The average Bonchev–Trinajstić information content (AvgIpc) is 2.22. The van der Waals surface area contributed by atoms with Gasteiger partial charge >= 0.3 is 0 Å². The molecule has 1 rings (SSSR count). The Morgan fingerprint density at radius 3 is 2.28 bits per heavy atom. The number of halogens is 2. The van der Waals surface area contributed by atoms with E-state index in [-0.39, 0.29) is 5.69 Å². The molecule has 0 radical (unpaired) electrons. The molecule has 0 saturated carbocycles. The molecule has 0 aliphatic heterocycles. The van der Waals surface area contributed by atoms with Crippen molar-refractivity contribution in [1.82, 2.24) is 5.32 Å². The predicted octanol–water partition coefficient (Wildman–Crippen LogP) is 0.541. The molecule has 0 unspecified atom stereocenters. The maximum absolute atomic E-state index is 13.4. The Morgan fingerprint density at radius 2 is 1.78 bits per heavy atom. The fourth-order valence-electron chi connectivity index (χ4n) is 1.15. The van der Waals surface area contributed by atoms with E-state index in [2.05, 4.69) is 5.32 Å². The summed E-state index contributed by atoms with van der Waals surface area (Å²) in [6.45, 7) is 2.72. The first-order valence-corrected chi connectivity index (χ1v) is 5.02. The summed E-state index contributed by atoms with van der Waals surface area (Å²) in [5, 5.41) is 2.23. The summed E-state index contributed by atoms with van der Waals surface area (Å²) in [6.07, 6.45) is 0. The summed E-state index contributed by atoms with van der Waals surface area (Å²) >= 11 is 0. The number of nitrogens with two attached hydrogens (primary N) is 2. The number of benzene rings is 1. The normalized spacial score (nSPS) is 11.1. The molecule has 0 heterocycles. The van der Waals surface area contributed by atoms with Crippen molar-refractivity contribution in [3.8, 4) is 0 Å². The highest BCUT2D eigenvalue weighted by Crippen LogP contribution is 2.17. The van der Waals surface area contributed by atoms with E-state index in [1.54, 1.807) is 0 Å². The first-order chi connectivity index (χ1) is 8.15. The molecule has 0 aliphatic carbocycles. The number of rotatable bonds is 3. The van der Waals surface area contributed by atoms with Gasteiger partial charge in [0.15, 0.2) is 0 Å². The van der Waals surface area contributed by atoms with Crippen molar-refractivity contribution >= 4 is 17.5 Å². The third-order valence-electron chi connectivity index (χ3n) is 2.37. The fourth-order valence-corrected chi connectivity index (χ4v) is 1.15. The smallest absolute Gasteiger partial charge is 0.255 e. The maximum atomic E-state index is 13.4. The van der Waals surface area contributed by atoms with E-state index >= 15 is 0 Å². The van der Waals surface area contributed by atoms with Crippen molar-refractivity contribution in [2.75, 3.05) is 5.73 Å². The SMILES string of the molecule is CC(C)(NC(=O)c1cc(N)c(F)cc1F)C(N)=O. The second kappa shape index (κ2) is 4.59. The second-order valence-electron chi connectivity index (χ2n) is 4.30. The van der Waals surface area contributed by atoms with E-state index in [9.17, 15) is 18.4 Å². The van der Waals surface area contributed by atoms with Crippen LogP contribution < -0.4 is 16.8 Å². The van der Waals surface area contributed by atoms with Crippen LogP contribution in [-0.4, -0.2) is 17.4 Å². The Labute approximate surface area is 102 Å². The molecule has 0 aliphatic rings. The Kier molecular flexibility index (Phi) is 3.54. The summed E-state index contributed by atoms with van der Waals surface area (Å²) in [5.41, 5.74) is 8.12. The number of amides is 2. The van der Waals surface area contributed by atoms with Crippen molar-refractivity contribution < 1.29 is 18.4 Å². The number of nitrogen functional groups attached to an aromatic ring is 1. The lowest BCUT2D eigenvalue weighted by Crippen LogP contribution is -2.53. The molecule has 0 aromatic heterocycles. The van der Waals surface area contributed by atoms with Crippen molar-refractivity contribution in [3.63, 3.8) is 0 Å². The topological polar surface area (TPSA) is 98.2 Å². The Hall–Kier alpha value is -2.18. The molecule has 0 saturated heterocycles. The van der Waals surface area contributed by atoms with Crippen LogP contribution in [0.15, 0.2) is 12.1 Å². The highest BCUT2D eigenvalue weighted by Gasteiger charge is 2.28. The first kappa shape index (κ1) is 13.9. The quantitative estimate of drug-likeness (QED) is 0.689. The maximum Gasteiger partial charge on any atom is 0.255 e. The zero-order chi connectivity index (χ0) is 14.1. The van der Waals surface area contributed by atoms with E-state index in [0.717, 1.165) is 6.07 Å². The predicted molar refractivity (Wildman–Crippen MR) is 61.5 cm³/mol. The van der Waals surface area contributed by atoms with Gasteiger partial charge in [-0.1, -0.05) is 0 Å². The van der Waals surface area contributed by atoms with E-state index in [1.807, 2.05) is 0 Å². The molecule has 1 aromatic carbocycles. The number of hydrogen-bond acceptors (Lipinski definition) is 3. The summed E-state index contributed by atoms with van der Waals surface area (Å²) < 4.78 is 26.3. The Bertz CT molecular complexity index is 515. The van der Waals surface area contributed by atoms with Gasteiger partial charge in [-0.2, -0.15) is 0 Å². The van der Waals surface area contributed by atoms with Gasteiger partial charge in [-0.25, -0.2) is 8.78 Å². The molecule has 5 nitrogen and oxygen atoms in total. The molecule has 98 valence electrons. The number of anilines is 1. The highest BCUT2D eigenvalue weighted by molar-refractivity contribution is 5.99. The largest absolute Gasteiger partial charge is 0.396 e. The standard InChI is InChI=1S/C11H13F2N3O2/c1-11(2,10(15)18)16-9(17)5-3-8(14)7(13)4-6(5)12/h3-4H,14H2,1-2H3,(H2,15,18)(H,16,17). The van der Waals surface area contributed by atoms with Gasteiger partial charge in [0.2, 0.25) is 5.91 Å². The second-order valence-corrected chi connectivity index (χ2v) is 4.30. The van der Waals surface area contributed by atoms with Gasteiger partial charge < -0.3 is 16.8 Å². The molecule has 2 amide bonds. The minimum absolute atomic E-state index is 0.363. The van der Waals surface area contributed by atoms with Gasteiger partial charge in [-0.05, 0) is 19.9 Å². The summed E-state index contributed by atoms with van der Waals surface area (Å²) in [5.74, 6) is -3.72. The van der Waals surface area contributed by atoms with Crippen LogP contribution in [0.5, 0.6) is 0 Å². The molecule has 0 spiro atoms. The average molecular weight is 257 g/mol. The number of nitrogens with one attached hydrogen (secondary N) is 1. The molecular weight excluding hydrogens is 244 g/mol. The molecule has 0 bridgehead atoms. The van der Waals surface area contributed by atoms with Crippen LogP contribution in [-0.2, 0) is 4.79 Å². The third-order valence-corrected chi connectivity index (χ3v) is 2.37. The van der Waals surface area contributed by atoms with Gasteiger partial charge in [-0.15, -0.1) is 0 Å². The van der Waals surface area contributed by atoms with Crippen molar-refractivity contribution in [3.05, 3.63) is 29.3 Å². The van der Waals surface area contributed by atoms with Gasteiger partial charge in [0.1, 0.15) is 17.2 Å². The lowest BCUT2D eigenvalue weighted by molar-refractivity contribution is -0.122. The van der Waals surface area contributed by atoms with Crippen LogP contribution in [0.4, 0.5) is 14.5 Å². The Morgan fingerprint density at radius 1 is 1.22 bits per heavy atom. The molecule has 1 aromatic rings. The Balaban J connectivity index is 3.06. The van der Waals surface area contributed by atoms with E-state index in [1.165, 1.54) is 13.8 Å². The van der Waals surface area contributed by atoms with Gasteiger partial charge in [0.25, 0.3) is 5.91 Å². The van der Waals surface area contributed by atoms with Crippen LogP contribution >= 0.6 is 0 Å². The minimum Gasteiger partial charge on any atom is -0.396 e. The molecule has 7 heteroatoms. The van der Waals surface area contributed by atoms with Crippen LogP contribution in [0.1, 0.15) is 24.2 Å². The number of carbonyl (C=O) groups excluding carboxylic acids is 2. The first-order valence-electron chi connectivity index (χ1n) is 5.02.